The summed E-state index contributed by atoms with van der Waals surface area (Å²) in [7, 11) is 0. The summed E-state index contributed by atoms with van der Waals surface area (Å²) in [4.78, 5) is 27.7. The highest BCUT2D eigenvalue weighted by molar-refractivity contribution is 5.96. The smallest absolute Gasteiger partial charge is 0.346 e. The van der Waals surface area contributed by atoms with E-state index in [0.29, 0.717) is 31.9 Å². The van der Waals surface area contributed by atoms with Gasteiger partial charge in [0.1, 0.15) is 11.4 Å². The number of aromatic nitrogens is 3. The Morgan fingerprint density at radius 3 is 2.50 bits per heavy atom. The van der Waals surface area contributed by atoms with Gasteiger partial charge < -0.3 is 9.32 Å². The van der Waals surface area contributed by atoms with Crippen LogP contribution < -0.4 is 5.69 Å². The minimum absolute atomic E-state index is 0.0767. The number of hydrogen-bond donors (Lipinski definition) is 0. The highest BCUT2D eigenvalue weighted by atomic mass is 16.3. The van der Waals surface area contributed by atoms with Crippen LogP contribution in [0.4, 0.5) is 0 Å². The Bertz CT molecular complexity index is 1260. The number of carbonyl (C=O) groups is 1. The molecule has 0 radical (unpaired) electrons. The van der Waals surface area contributed by atoms with Crippen molar-refractivity contribution >= 4 is 16.9 Å². The Morgan fingerprint density at radius 2 is 1.78 bits per heavy atom. The first-order valence-corrected chi connectivity index (χ1v) is 11.1. The fraction of sp³-hybridized carbons (Fsp3) is 0.320. The molecule has 7 nitrogen and oxygen atoms in total. The van der Waals surface area contributed by atoms with E-state index >= 15 is 0 Å². The lowest BCUT2D eigenvalue weighted by molar-refractivity contribution is 0.0680. The van der Waals surface area contributed by atoms with Crippen molar-refractivity contribution in [3.05, 3.63) is 88.3 Å². The second kappa shape index (κ2) is 8.49. The lowest BCUT2D eigenvalue weighted by Crippen LogP contribution is -2.38. The topological polar surface area (TPSA) is 73.3 Å². The number of fused-ring (bicyclic) bond motifs is 1. The number of benzene rings is 2. The molecule has 3 heterocycles. The minimum atomic E-state index is -0.0814. The zero-order chi connectivity index (χ0) is 22.1. The second-order valence-corrected chi connectivity index (χ2v) is 8.24. The van der Waals surface area contributed by atoms with E-state index in [0.717, 1.165) is 35.2 Å². The zero-order valence-corrected chi connectivity index (χ0v) is 18.1. The van der Waals surface area contributed by atoms with Gasteiger partial charge >= 0.3 is 5.69 Å². The summed E-state index contributed by atoms with van der Waals surface area (Å²) >= 11 is 0. The van der Waals surface area contributed by atoms with Gasteiger partial charge in [0.05, 0.1) is 6.54 Å². The first-order chi connectivity index (χ1) is 15.6. The van der Waals surface area contributed by atoms with Gasteiger partial charge in [-0.2, -0.15) is 5.10 Å². The van der Waals surface area contributed by atoms with E-state index in [1.807, 2.05) is 72.5 Å². The third-order valence-corrected chi connectivity index (χ3v) is 6.23. The molecule has 0 spiro atoms. The summed E-state index contributed by atoms with van der Waals surface area (Å²) in [5, 5.41) is 5.63. The molecule has 4 aromatic rings. The van der Waals surface area contributed by atoms with Gasteiger partial charge in [0.15, 0.2) is 5.76 Å². The predicted molar refractivity (Wildman–Crippen MR) is 122 cm³/mol. The number of furan rings is 1. The van der Waals surface area contributed by atoms with Gasteiger partial charge in [-0.05, 0) is 37.5 Å². The number of para-hydroxylation sites is 1. The molecule has 0 bridgehead atoms. The summed E-state index contributed by atoms with van der Waals surface area (Å²) in [6, 6.07) is 19.3. The molecule has 1 aliphatic heterocycles. The van der Waals surface area contributed by atoms with E-state index in [1.54, 1.807) is 9.25 Å². The SMILES string of the molecule is CCn1c(C2CCN(C(=O)c3cc4ccccc4o3)CC2)nn(Cc2ccccc2)c1=O. The maximum atomic E-state index is 13.0. The number of nitrogens with zero attached hydrogens (tertiary/aromatic N) is 4. The van der Waals surface area contributed by atoms with Gasteiger partial charge in [-0.15, -0.1) is 0 Å². The van der Waals surface area contributed by atoms with Crippen LogP contribution in [0.25, 0.3) is 11.0 Å². The fourth-order valence-electron chi connectivity index (χ4n) is 4.50. The fourth-order valence-corrected chi connectivity index (χ4v) is 4.50. The number of carbonyl (C=O) groups excluding carboxylic acids is 1. The van der Waals surface area contributed by atoms with Gasteiger partial charge in [-0.3, -0.25) is 9.36 Å². The molecule has 164 valence electrons. The first-order valence-electron chi connectivity index (χ1n) is 11.1. The molecule has 0 aliphatic carbocycles. The Morgan fingerprint density at radius 1 is 1.06 bits per heavy atom. The van der Waals surface area contributed by atoms with Crippen LogP contribution in [-0.2, 0) is 13.1 Å². The Labute approximate surface area is 185 Å². The summed E-state index contributed by atoms with van der Waals surface area (Å²) in [5.41, 5.74) is 1.70. The van der Waals surface area contributed by atoms with Crippen molar-refractivity contribution in [2.45, 2.75) is 38.8 Å². The molecule has 0 N–H and O–H groups in total. The molecule has 2 aromatic carbocycles. The van der Waals surface area contributed by atoms with E-state index in [-0.39, 0.29) is 17.5 Å². The third-order valence-electron chi connectivity index (χ3n) is 6.23. The van der Waals surface area contributed by atoms with Crippen LogP contribution in [0.5, 0.6) is 0 Å². The van der Waals surface area contributed by atoms with Crippen LogP contribution in [0.1, 0.15) is 47.6 Å². The number of piperidine rings is 1. The third kappa shape index (κ3) is 3.75. The normalized spacial score (nSPS) is 14.8. The van der Waals surface area contributed by atoms with Gasteiger partial charge in [0.2, 0.25) is 0 Å². The van der Waals surface area contributed by atoms with Crippen LogP contribution in [0.15, 0.2) is 69.9 Å². The van der Waals surface area contributed by atoms with Crippen LogP contribution in [0, 0.1) is 0 Å². The Balaban J connectivity index is 1.31. The van der Waals surface area contributed by atoms with E-state index in [2.05, 4.69) is 0 Å². The van der Waals surface area contributed by atoms with Crippen LogP contribution in [0.2, 0.25) is 0 Å². The molecule has 0 unspecified atom stereocenters. The van der Waals surface area contributed by atoms with Gasteiger partial charge in [-0.1, -0.05) is 48.5 Å². The van der Waals surface area contributed by atoms with Crippen molar-refractivity contribution in [1.29, 1.82) is 0 Å². The maximum Gasteiger partial charge on any atom is 0.346 e. The molecule has 2 aromatic heterocycles. The molecule has 1 fully saturated rings. The van der Waals surface area contributed by atoms with Crippen LogP contribution >= 0.6 is 0 Å². The van der Waals surface area contributed by atoms with E-state index < -0.39 is 0 Å². The largest absolute Gasteiger partial charge is 0.451 e. The maximum absolute atomic E-state index is 13.0. The molecule has 5 rings (SSSR count). The summed E-state index contributed by atoms with van der Waals surface area (Å²) in [6.45, 7) is 4.25. The molecule has 32 heavy (non-hydrogen) atoms. The summed E-state index contributed by atoms with van der Waals surface area (Å²) < 4.78 is 9.08. The standard InChI is InChI=1S/C25H26N4O3/c1-2-28-23(26-29(25(28)31)17-18-8-4-3-5-9-18)19-12-14-27(15-13-19)24(30)22-16-20-10-6-7-11-21(20)32-22/h3-11,16,19H,2,12-15,17H2,1H3. The summed E-state index contributed by atoms with van der Waals surface area (Å²) in [6.07, 6.45) is 1.54. The highest BCUT2D eigenvalue weighted by Gasteiger charge is 2.30. The molecule has 1 aliphatic rings. The minimum Gasteiger partial charge on any atom is -0.451 e. The molecular weight excluding hydrogens is 404 g/mol. The van der Waals surface area contributed by atoms with Crippen molar-refractivity contribution in [3.63, 3.8) is 0 Å². The van der Waals surface area contributed by atoms with E-state index in [4.69, 9.17) is 9.52 Å². The average molecular weight is 431 g/mol. The lowest BCUT2D eigenvalue weighted by atomic mass is 9.95. The molecule has 1 amide bonds. The first kappa shape index (κ1) is 20.3. The van der Waals surface area contributed by atoms with Crippen LogP contribution in [0.3, 0.4) is 0 Å². The van der Waals surface area contributed by atoms with Gasteiger partial charge in [-0.25, -0.2) is 9.48 Å². The molecule has 0 saturated carbocycles. The lowest BCUT2D eigenvalue weighted by Gasteiger charge is -2.31. The monoisotopic (exact) mass is 430 g/mol. The number of hydrogen-bond acceptors (Lipinski definition) is 4. The number of amides is 1. The van der Waals surface area contributed by atoms with Crippen molar-refractivity contribution in [3.8, 4) is 0 Å². The zero-order valence-electron chi connectivity index (χ0n) is 18.1. The highest BCUT2D eigenvalue weighted by Crippen LogP contribution is 2.28. The predicted octanol–water partition coefficient (Wildman–Crippen LogP) is 3.88. The van der Waals surface area contributed by atoms with Crippen molar-refractivity contribution in [2.75, 3.05) is 13.1 Å². The van der Waals surface area contributed by atoms with E-state index in [9.17, 15) is 9.59 Å². The molecular formula is C25H26N4O3. The van der Waals surface area contributed by atoms with Gasteiger partial charge in [0, 0.05) is 30.9 Å². The quantitative estimate of drug-likeness (QED) is 0.482. The van der Waals surface area contributed by atoms with Gasteiger partial charge in [0.25, 0.3) is 5.91 Å². The Kier molecular flexibility index (Phi) is 5.39. The number of likely N-dealkylation sites (tertiary alicyclic amines) is 1. The van der Waals surface area contributed by atoms with Crippen molar-refractivity contribution in [2.24, 2.45) is 0 Å². The summed E-state index contributed by atoms with van der Waals surface area (Å²) in [5.74, 6) is 1.27. The Hall–Kier alpha value is -3.61. The average Bonchev–Trinajstić information content (AvgIpc) is 3.40. The molecule has 0 atom stereocenters. The number of rotatable bonds is 5. The molecule has 1 saturated heterocycles. The van der Waals surface area contributed by atoms with Crippen molar-refractivity contribution < 1.29 is 9.21 Å². The van der Waals surface area contributed by atoms with Crippen molar-refractivity contribution in [1.82, 2.24) is 19.2 Å². The van der Waals surface area contributed by atoms with E-state index in [1.165, 1.54) is 0 Å². The molecule has 7 heteroatoms. The second-order valence-electron chi connectivity index (χ2n) is 8.24. The van der Waals surface area contributed by atoms with Crippen LogP contribution in [-0.4, -0.2) is 38.2 Å².